The maximum absolute atomic E-state index is 12.8. The molecule has 0 bridgehead atoms. The third-order valence-electron chi connectivity index (χ3n) is 3.18. The Morgan fingerprint density at radius 2 is 1.86 bits per heavy atom. The van der Waals surface area contributed by atoms with Gasteiger partial charge in [0.15, 0.2) is 0 Å². The van der Waals surface area contributed by atoms with Gasteiger partial charge in [0.05, 0.1) is 5.56 Å². The van der Waals surface area contributed by atoms with Crippen molar-refractivity contribution in [1.29, 1.82) is 0 Å². The van der Waals surface area contributed by atoms with Crippen LogP contribution in [0.3, 0.4) is 0 Å². The van der Waals surface area contributed by atoms with Crippen LogP contribution in [0.15, 0.2) is 41.2 Å². The molecule has 0 radical (unpaired) electrons. The topological polar surface area (TPSA) is 51.1 Å². The van der Waals surface area contributed by atoms with Crippen molar-refractivity contribution in [2.24, 2.45) is 0 Å². The van der Waals surface area contributed by atoms with Gasteiger partial charge < -0.3 is 5.32 Å². The fourth-order valence-corrected chi connectivity index (χ4v) is 2.08. The Balaban J connectivity index is 2.68. The fourth-order valence-electron chi connectivity index (χ4n) is 2.08. The van der Waals surface area contributed by atoms with Gasteiger partial charge in [0.2, 0.25) is 0 Å². The quantitative estimate of drug-likeness (QED) is 0.926. The van der Waals surface area contributed by atoms with E-state index in [0.717, 1.165) is 16.7 Å². The van der Waals surface area contributed by atoms with E-state index in [1.165, 1.54) is 31.3 Å². The van der Waals surface area contributed by atoms with E-state index in [1.807, 2.05) is 0 Å². The number of hydrogen-bond donors (Lipinski definition) is 1. The lowest BCUT2D eigenvalue weighted by Gasteiger charge is -2.14. The number of hydrogen-bond acceptors (Lipinski definition) is 2. The van der Waals surface area contributed by atoms with Crippen LogP contribution < -0.4 is 10.9 Å². The van der Waals surface area contributed by atoms with Crippen molar-refractivity contribution in [3.8, 4) is 5.69 Å². The number of carbonyl (C=O) groups is 1. The average molecular weight is 310 g/mol. The van der Waals surface area contributed by atoms with Gasteiger partial charge in [-0.25, -0.2) is 0 Å². The Morgan fingerprint density at radius 1 is 1.18 bits per heavy atom. The van der Waals surface area contributed by atoms with Crippen LogP contribution in [0.4, 0.5) is 13.2 Å². The molecule has 116 valence electrons. The monoisotopic (exact) mass is 310 g/mol. The van der Waals surface area contributed by atoms with E-state index in [-0.39, 0.29) is 11.3 Å². The van der Waals surface area contributed by atoms with Crippen molar-refractivity contribution in [2.45, 2.75) is 13.1 Å². The second-order valence-electron chi connectivity index (χ2n) is 4.66. The third kappa shape index (κ3) is 2.88. The smallest absolute Gasteiger partial charge is 0.355 e. The van der Waals surface area contributed by atoms with Gasteiger partial charge in [-0.05, 0) is 37.3 Å². The minimum Gasteiger partial charge on any atom is -0.355 e. The maximum Gasteiger partial charge on any atom is 0.416 e. The molecular weight excluding hydrogens is 297 g/mol. The summed E-state index contributed by atoms with van der Waals surface area (Å²) in [7, 11) is 1.37. The van der Waals surface area contributed by atoms with E-state index in [0.29, 0.717) is 5.69 Å². The molecule has 1 aromatic heterocycles. The predicted octanol–water partition coefficient (Wildman–Crippen LogP) is 2.52. The molecule has 1 heterocycles. The lowest BCUT2D eigenvalue weighted by Crippen LogP contribution is -2.31. The van der Waals surface area contributed by atoms with Crippen molar-refractivity contribution in [3.63, 3.8) is 0 Å². The molecule has 22 heavy (non-hydrogen) atoms. The number of pyridine rings is 1. The van der Waals surface area contributed by atoms with Crippen LogP contribution in [0.25, 0.3) is 5.69 Å². The van der Waals surface area contributed by atoms with Gasteiger partial charge in [-0.1, -0.05) is 6.07 Å². The number of alkyl halides is 3. The number of nitrogens with zero attached hydrogens (tertiary/aromatic N) is 1. The van der Waals surface area contributed by atoms with E-state index >= 15 is 0 Å². The summed E-state index contributed by atoms with van der Waals surface area (Å²) in [6.07, 6.45) is -4.51. The van der Waals surface area contributed by atoms with Crippen molar-refractivity contribution in [1.82, 2.24) is 9.88 Å². The Labute approximate surface area is 124 Å². The van der Waals surface area contributed by atoms with Gasteiger partial charge in [0, 0.05) is 18.4 Å². The van der Waals surface area contributed by atoms with E-state index in [9.17, 15) is 22.8 Å². The van der Waals surface area contributed by atoms with Crippen LogP contribution in [0, 0.1) is 6.92 Å². The summed E-state index contributed by atoms with van der Waals surface area (Å²) in [5.74, 6) is -0.592. The zero-order chi connectivity index (χ0) is 16.5. The minimum absolute atomic E-state index is 0.0584. The molecule has 0 saturated heterocycles. The third-order valence-corrected chi connectivity index (χ3v) is 3.18. The number of nitrogens with one attached hydrogen (secondary N) is 1. The number of rotatable bonds is 2. The Hall–Kier alpha value is -2.57. The fraction of sp³-hybridized carbons (Fsp3) is 0.200. The first-order valence-electron chi connectivity index (χ1n) is 6.38. The highest BCUT2D eigenvalue weighted by molar-refractivity contribution is 5.93. The number of benzene rings is 1. The Morgan fingerprint density at radius 3 is 2.45 bits per heavy atom. The highest BCUT2D eigenvalue weighted by Crippen LogP contribution is 2.30. The average Bonchev–Trinajstić information content (AvgIpc) is 2.46. The molecule has 0 fully saturated rings. The van der Waals surface area contributed by atoms with Gasteiger partial charge in [-0.3, -0.25) is 14.2 Å². The summed E-state index contributed by atoms with van der Waals surface area (Å²) in [6.45, 7) is 1.58. The van der Waals surface area contributed by atoms with E-state index in [4.69, 9.17) is 0 Å². The highest BCUT2D eigenvalue weighted by atomic mass is 19.4. The summed E-state index contributed by atoms with van der Waals surface area (Å²) in [6, 6.07) is 7.26. The predicted molar refractivity (Wildman–Crippen MR) is 75.2 cm³/mol. The van der Waals surface area contributed by atoms with Crippen molar-refractivity contribution in [2.75, 3.05) is 7.05 Å². The lowest BCUT2D eigenvalue weighted by molar-refractivity contribution is -0.137. The highest BCUT2D eigenvalue weighted by Gasteiger charge is 2.30. The SMILES string of the molecule is CNC(=O)c1ccc(C)n(-c2cccc(C(F)(F)F)c2)c1=O. The number of amides is 1. The van der Waals surface area contributed by atoms with Gasteiger partial charge >= 0.3 is 6.18 Å². The van der Waals surface area contributed by atoms with Gasteiger partial charge in [0.1, 0.15) is 5.56 Å². The summed E-state index contributed by atoms with van der Waals surface area (Å²) in [4.78, 5) is 24.0. The second-order valence-corrected chi connectivity index (χ2v) is 4.66. The summed E-state index contributed by atoms with van der Waals surface area (Å²) >= 11 is 0. The molecule has 0 saturated carbocycles. The zero-order valence-corrected chi connectivity index (χ0v) is 11.9. The van der Waals surface area contributed by atoms with E-state index < -0.39 is 23.2 Å². The first-order valence-corrected chi connectivity index (χ1v) is 6.38. The summed E-state index contributed by atoms with van der Waals surface area (Å²) in [5, 5.41) is 2.32. The summed E-state index contributed by atoms with van der Waals surface area (Å²) < 4.78 is 39.5. The van der Waals surface area contributed by atoms with Crippen LogP contribution in [0.1, 0.15) is 21.6 Å². The van der Waals surface area contributed by atoms with Crippen LogP contribution >= 0.6 is 0 Å². The standard InChI is InChI=1S/C15H13F3N2O2/c1-9-6-7-12(13(21)19-2)14(22)20(9)11-5-3-4-10(8-11)15(16,17)18/h3-8H,1-2H3,(H,19,21). The zero-order valence-electron chi connectivity index (χ0n) is 11.9. The molecule has 7 heteroatoms. The number of aromatic nitrogens is 1. The molecule has 1 N–H and O–H groups in total. The van der Waals surface area contributed by atoms with Crippen LogP contribution in [0.5, 0.6) is 0 Å². The maximum atomic E-state index is 12.8. The molecule has 0 unspecified atom stereocenters. The number of halogens is 3. The van der Waals surface area contributed by atoms with Crippen molar-refractivity contribution >= 4 is 5.91 Å². The molecule has 0 spiro atoms. The van der Waals surface area contributed by atoms with E-state index in [2.05, 4.69) is 5.32 Å². The molecule has 0 aliphatic heterocycles. The molecule has 4 nitrogen and oxygen atoms in total. The Bertz CT molecular complexity index is 779. The van der Waals surface area contributed by atoms with Gasteiger partial charge in [-0.2, -0.15) is 13.2 Å². The lowest BCUT2D eigenvalue weighted by atomic mass is 10.1. The molecule has 1 amide bonds. The second kappa shape index (κ2) is 5.67. The largest absolute Gasteiger partial charge is 0.416 e. The molecule has 0 aliphatic rings. The molecule has 2 aromatic rings. The van der Waals surface area contributed by atoms with Crippen molar-refractivity contribution in [3.05, 3.63) is 63.6 Å². The molecular formula is C15H13F3N2O2. The summed E-state index contributed by atoms with van der Waals surface area (Å²) in [5.41, 5.74) is -1.18. The Kier molecular flexibility index (Phi) is 4.07. The van der Waals surface area contributed by atoms with Gasteiger partial charge in [-0.15, -0.1) is 0 Å². The first-order chi connectivity index (χ1) is 10.3. The normalized spacial score (nSPS) is 11.3. The molecule has 0 aliphatic carbocycles. The number of carbonyl (C=O) groups excluding carboxylic acids is 1. The number of aryl methyl sites for hydroxylation is 1. The van der Waals surface area contributed by atoms with Crippen LogP contribution in [-0.4, -0.2) is 17.5 Å². The molecule has 1 aromatic carbocycles. The van der Waals surface area contributed by atoms with Crippen molar-refractivity contribution < 1.29 is 18.0 Å². The van der Waals surface area contributed by atoms with Crippen LogP contribution in [0.2, 0.25) is 0 Å². The minimum atomic E-state index is -4.51. The first kappa shape index (κ1) is 15.8. The van der Waals surface area contributed by atoms with Gasteiger partial charge in [0.25, 0.3) is 11.5 Å². The molecule has 2 rings (SSSR count). The van der Waals surface area contributed by atoms with E-state index in [1.54, 1.807) is 6.92 Å². The van der Waals surface area contributed by atoms with Crippen LogP contribution in [-0.2, 0) is 6.18 Å². The molecule has 0 atom stereocenters.